The van der Waals surface area contributed by atoms with Gasteiger partial charge in [0.2, 0.25) is 5.88 Å². The minimum absolute atomic E-state index is 0.589. The van der Waals surface area contributed by atoms with Gasteiger partial charge in [0.05, 0.1) is 12.8 Å². The first-order valence-electron chi connectivity index (χ1n) is 4.83. The summed E-state index contributed by atoms with van der Waals surface area (Å²) < 4.78 is 4.99. The Bertz CT molecular complexity index is 470. The van der Waals surface area contributed by atoms with Crippen molar-refractivity contribution in [3.63, 3.8) is 0 Å². The molecule has 0 fully saturated rings. The van der Waals surface area contributed by atoms with Gasteiger partial charge in [0, 0.05) is 30.9 Å². The molecule has 2 heterocycles. The summed E-state index contributed by atoms with van der Waals surface area (Å²) in [5, 5.41) is 2.96. The SMILES string of the molecule is CNc1cc(-c2ccc(OC)nc2)ncn1. The number of pyridine rings is 1. The zero-order valence-corrected chi connectivity index (χ0v) is 9.14. The largest absolute Gasteiger partial charge is 0.481 e. The summed E-state index contributed by atoms with van der Waals surface area (Å²) in [6, 6.07) is 5.58. The molecular formula is C11H12N4O. The van der Waals surface area contributed by atoms with Crippen molar-refractivity contribution < 1.29 is 4.74 Å². The lowest BCUT2D eigenvalue weighted by Gasteiger charge is -2.03. The topological polar surface area (TPSA) is 59.9 Å². The van der Waals surface area contributed by atoms with E-state index in [9.17, 15) is 0 Å². The summed E-state index contributed by atoms with van der Waals surface area (Å²) in [4.78, 5) is 12.4. The molecule has 2 aromatic heterocycles. The maximum Gasteiger partial charge on any atom is 0.212 e. The van der Waals surface area contributed by atoms with Crippen LogP contribution in [0.5, 0.6) is 5.88 Å². The summed E-state index contributed by atoms with van der Waals surface area (Å²) in [6.07, 6.45) is 3.24. The third-order valence-electron chi connectivity index (χ3n) is 2.16. The minimum Gasteiger partial charge on any atom is -0.481 e. The smallest absolute Gasteiger partial charge is 0.212 e. The standard InChI is InChI=1S/C11H12N4O/c1-12-10-5-9(14-7-15-10)8-3-4-11(16-2)13-6-8/h3-7H,1-2H3,(H,12,14,15). The van der Waals surface area contributed by atoms with Crippen LogP contribution in [0.25, 0.3) is 11.3 Å². The van der Waals surface area contributed by atoms with Crippen LogP contribution in [0.3, 0.4) is 0 Å². The number of hydrogen-bond donors (Lipinski definition) is 1. The van der Waals surface area contributed by atoms with Gasteiger partial charge in [-0.15, -0.1) is 0 Å². The number of nitrogens with one attached hydrogen (secondary N) is 1. The highest BCUT2D eigenvalue weighted by molar-refractivity contribution is 5.61. The fourth-order valence-corrected chi connectivity index (χ4v) is 1.30. The van der Waals surface area contributed by atoms with Gasteiger partial charge in [-0.1, -0.05) is 0 Å². The van der Waals surface area contributed by atoms with Gasteiger partial charge in [0.15, 0.2) is 0 Å². The molecule has 0 saturated heterocycles. The molecule has 0 bridgehead atoms. The Morgan fingerprint density at radius 1 is 1.19 bits per heavy atom. The summed E-state index contributed by atoms with van der Waals surface area (Å²) in [5.41, 5.74) is 1.76. The van der Waals surface area contributed by atoms with Crippen molar-refractivity contribution in [2.24, 2.45) is 0 Å². The average Bonchev–Trinajstić information content (AvgIpc) is 2.39. The highest BCUT2D eigenvalue weighted by Crippen LogP contribution is 2.19. The quantitative estimate of drug-likeness (QED) is 0.844. The number of hydrogen-bond acceptors (Lipinski definition) is 5. The minimum atomic E-state index is 0.589. The van der Waals surface area contributed by atoms with Crippen molar-refractivity contribution in [1.82, 2.24) is 15.0 Å². The molecule has 0 radical (unpaired) electrons. The Morgan fingerprint density at radius 3 is 2.69 bits per heavy atom. The second kappa shape index (κ2) is 4.57. The van der Waals surface area contributed by atoms with Crippen molar-refractivity contribution in [2.45, 2.75) is 0 Å². The monoisotopic (exact) mass is 216 g/mol. The Morgan fingerprint density at radius 2 is 2.06 bits per heavy atom. The van der Waals surface area contributed by atoms with E-state index < -0.39 is 0 Å². The molecular weight excluding hydrogens is 204 g/mol. The van der Waals surface area contributed by atoms with E-state index in [0.717, 1.165) is 17.1 Å². The molecule has 1 N–H and O–H groups in total. The fourth-order valence-electron chi connectivity index (χ4n) is 1.30. The zero-order chi connectivity index (χ0) is 11.4. The Hall–Kier alpha value is -2.17. The number of rotatable bonds is 3. The lowest BCUT2D eigenvalue weighted by molar-refractivity contribution is 0.398. The molecule has 0 aliphatic heterocycles. The first-order chi connectivity index (χ1) is 7.83. The molecule has 5 heteroatoms. The van der Waals surface area contributed by atoms with Gasteiger partial charge >= 0.3 is 0 Å². The van der Waals surface area contributed by atoms with E-state index in [4.69, 9.17) is 4.74 Å². The fraction of sp³-hybridized carbons (Fsp3) is 0.182. The van der Waals surface area contributed by atoms with E-state index >= 15 is 0 Å². The van der Waals surface area contributed by atoms with Gasteiger partial charge < -0.3 is 10.1 Å². The molecule has 0 aliphatic carbocycles. The molecule has 16 heavy (non-hydrogen) atoms. The first-order valence-corrected chi connectivity index (χ1v) is 4.83. The van der Waals surface area contributed by atoms with Gasteiger partial charge in [-0.2, -0.15) is 0 Å². The summed E-state index contributed by atoms with van der Waals surface area (Å²) >= 11 is 0. The molecule has 2 rings (SSSR count). The van der Waals surface area contributed by atoms with Crippen LogP contribution in [-0.4, -0.2) is 29.1 Å². The van der Waals surface area contributed by atoms with Crippen LogP contribution >= 0.6 is 0 Å². The molecule has 0 saturated carbocycles. The second-order valence-electron chi connectivity index (χ2n) is 3.13. The number of methoxy groups -OCH3 is 1. The van der Waals surface area contributed by atoms with Crippen LogP contribution in [0.4, 0.5) is 5.82 Å². The zero-order valence-electron chi connectivity index (χ0n) is 9.14. The highest BCUT2D eigenvalue weighted by Gasteiger charge is 2.02. The average molecular weight is 216 g/mol. The van der Waals surface area contributed by atoms with Gasteiger partial charge in [0.25, 0.3) is 0 Å². The molecule has 0 spiro atoms. The number of anilines is 1. The third-order valence-corrected chi connectivity index (χ3v) is 2.16. The summed E-state index contributed by atoms with van der Waals surface area (Å²) in [7, 11) is 3.41. The molecule has 0 aliphatic rings. The van der Waals surface area contributed by atoms with E-state index in [1.54, 1.807) is 19.4 Å². The van der Waals surface area contributed by atoms with Crippen LogP contribution in [0.1, 0.15) is 0 Å². The Balaban J connectivity index is 2.34. The van der Waals surface area contributed by atoms with Crippen molar-refractivity contribution in [3.8, 4) is 17.1 Å². The Labute approximate surface area is 93.5 Å². The van der Waals surface area contributed by atoms with Gasteiger partial charge in [-0.25, -0.2) is 15.0 Å². The van der Waals surface area contributed by atoms with E-state index in [1.807, 2.05) is 19.2 Å². The van der Waals surface area contributed by atoms with E-state index in [-0.39, 0.29) is 0 Å². The second-order valence-corrected chi connectivity index (χ2v) is 3.13. The van der Waals surface area contributed by atoms with Gasteiger partial charge in [-0.05, 0) is 6.07 Å². The molecule has 82 valence electrons. The normalized spacial score (nSPS) is 9.88. The third kappa shape index (κ3) is 2.08. The molecule has 2 aromatic rings. The number of nitrogens with zero attached hydrogens (tertiary/aromatic N) is 3. The molecule has 0 aromatic carbocycles. The first kappa shape index (κ1) is 10.4. The van der Waals surface area contributed by atoms with Gasteiger partial charge in [-0.3, -0.25) is 0 Å². The number of ether oxygens (including phenoxy) is 1. The molecule has 5 nitrogen and oxygen atoms in total. The van der Waals surface area contributed by atoms with Crippen LogP contribution in [0, 0.1) is 0 Å². The molecule has 0 amide bonds. The van der Waals surface area contributed by atoms with Crippen molar-refractivity contribution in [3.05, 3.63) is 30.7 Å². The maximum absolute atomic E-state index is 4.99. The highest BCUT2D eigenvalue weighted by atomic mass is 16.5. The lowest BCUT2D eigenvalue weighted by atomic mass is 10.2. The summed E-state index contributed by atoms with van der Waals surface area (Å²) in [5.74, 6) is 1.37. The molecule has 0 atom stereocenters. The Kier molecular flexibility index (Phi) is 2.95. The summed E-state index contributed by atoms with van der Waals surface area (Å²) in [6.45, 7) is 0. The lowest BCUT2D eigenvalue weighted by Crippen LogP contribution is -1.94. The number of aromatic nitrogens is 3. The van der Waals surface area contributed by atoms with E-state index in [0.29, 0.717) is 5.88 Å². The van der Waals surface area contributed by atoms with Crippen LogP contribution in [0.15, 0.2) is 30.7 Å². The van der Waals surface area contributed by atoms with Crippen LogP contribution < -0.4 is 10.1 Å². The molecule has 0 unspecified atom stereocenters. The predicted molar refractivity (Wildman–Crippen MR) is 61.4 cm³/mol. The van der Waals surface area contributed by atoms with Gasteiger partial charge in [0.1, 0.15) is 12.1 Å². The van der Waals surface area contributed by atoms with Crippen molar-refractivity contribution in [1.29, 1.82) is 0 Å². The van der Waals surface area contributed by atoms with Crippen LogP contribution in [-0.2, 0) is 0 Å². The maximum atomic E-state index is 4.99. The van der Waals surface area contributed by atoms with E-state index in [1.165, 1.54) is 6.33 Å². The predicted octanol–water partition coefficient (Wildman–Crippen LogP) is 1.59. The van der Waals surface area contributed by atoms with E-state index in [2.05, 4.69) is 20.3 Å². The van der Waals surface area contributed by atoms with Crippen molar-refractivity contribution in [2.75, 3.05) is 19.5 Å². The van der Waals surface area contributed by atoms with Crippen molar-refractivity contribution >= 4 is 5.82 Å². The van der Waals surface area contributed by atoms with Crippen LogP contribution in [0.2, 0.25) is 0 Å².